The van der Waals surface area contributed by atoms with Gasteiger partial charge in [-0.2, -0.15) is 5.21 Å². The molecule has 1 aliphatic heterocycles. The number of rotatable bonds is 3. The second-order valence-corrected chi connectivity index (χ2v) is 4.69. The Labute approximate surface area is 126 Å². The van der Waals surface area contributed by atoms with Crippen molar-refractivity contribution < 1.29 is 23.2 Å². The Bertz CT molecular complexity index is 784. The van der Waals surface area contributed by atoms with Crippen molar-refractivity contribution in [1.82, 2.24) is 31.3 Å². The maximum absolute atomic E-state index is 14.0. The van der Waals surface area contributed by atoms with Crippen molar-refractivity contribution in [3.05, 3.63) is 29.3 Å². The first-order valence-electron chi connectivity index (χ1n) is 6.33. The van der Waals surface area contributed by atoms with E-state index in [0.717, 1.165) is 12.1 Å². The number of carbonyl (C=O) groups excluding carboxylic acids is 3. The van der Waals surface area contributed by atoms with Gasteiger partial charge in [-0.3, -0.25) is 19.7 Å². The molecule has 1 fully saturated rings. The van der Waals surface area contributed by atoms with Crippen LogP contribution >= 0.6 is 0 Å². The number of aromatic amines is 1. The number of amides is 3. The smallest absolute Gasteiger partial charge is 0.257 e. The number of tetrazole rings is 1. The lowest BCUT2D eigenvalue weighted by atomic mass is 10.1. The maximum Gasteiger partial charge on any atom is 0.257 e. The van der Waals surface area contributed by atoms with Gasteiger partial charge in [0, 0.05) is 5.56 Å². The Balaban J connectivity index is 1.86. The van der Waals surface area contributed by atoms with E-state index in [0.29, 0.717) is 0 Å². The van der Waals surface area contributed by atoms with E-state index in [1.165, 1.54) is 0 Å². The van der Waals surface area contributed by atoms with Gasteiger partial charge < -0.3 is 5.32 Å². The van der Waals surface area contributed by atoms with Gasteiger partial charge in [0.25, 0.3) is 5.91 Å². The molecule has 0 bridgehead atoms. The van der Waals surface area contributed by atoms with E-state index < -0.39 is 41.0 Å². The van der Waals surface area contributed by atoms with Gasteiger partial charge in [0.15, 0.2) is 0 Å². The van der Waals surface area contributed by atoms with Gasteiger partial charge in [-0.15, -0.1) is 10.2 Å². The molecule has 1 aliphatic rings. The Kier molecular flexibility index (Phi) is 3.52. The number of halogens is 2. The van der Waals surface area contributed by atoms with Gasteiger partial charge in [-0.05, 0) is 17.3 Å². The Morgan fingerprint density at radius 2 is 1.96 bits per heavy atom. The molecule has 2 aromatic rings. The highest BCUT2D eigenvalue weighted by molar-refractivity contribution is 6.08. The first-order valence-corrected chi connectivity index (χ1v) is 6.33. The fraction of sp³-hybridized carbons (Fsp3) is 0.167. The van der Waals surface area contributed by atoms with Gasteiger partial charge in [-0.25, -0.2) is 8.78 Å². The molecular formula is C12H8F2N6O3. The van der Waals surface area contributed by atoms with Crippen LogP contribution in [0.5, 0.6) is 0 Å². The highest BCUT2D eigenvalue weighted by Crippen LogP contribution is 2.21. The monoisotopic (exact) mass is 322 g/mol. The number of carbonyl (C=O) groups is 3. The molecule has 1 saturated heterocycles. The lowest BCUT2D eigenvalue weighted by Crippen LogP contribution is -2.40. The molecule has 0 spiro atoms. The van der Waals surface area contributed by atoms with Crippen molar-refractivity contribution in [3.8, 4) is 11.4 Å². The molecule has 1 atom stereocenters. The average molecular weight is 322 g/mol. The van der Waals surface area contributed by atoms with E-state index in [9.17, 15) is 23.2 Å². The quantitative estimate of drug-likeness (QED) is 0.640. The second-order valence-electron chi connectivity index (χ2n) is 4.69. The second kappa shape index (κ2) is 5.51. The molecule has 3 rings (SSSR count). The molecule has 9 nitrogen and oxygen atoms in total. The van der Waals surface area contributed by atoms with E-state index in [1.54, 1.807) is 0 Å². The first kappa shape index (κ1) is 14.7. The van der Waals surface area contributed by atoms with Crippen molar-refractivity contribution in [3.63, 3.8) is 0 Å². The molecule has 0 radical (unpaired) electrons. The van der Waals surface area contributed by atoms with Crippen molar-refractivity contribution >= 4 is 17.7 Å². The van der Waals surface area contributed by atoms with Crippen LogP contribution in [0, 0.1) is 11.6 Å². The number of hydrogen-bond donors (Lipinski definition) is 3. The molecule has 1 aromatic carbocycles. The van der Waals surface area contributed by atoms with Crippen LogP contribution in [-0.2, 0) is 9.59 Å². The van der Waals surface area contributed by atoms with Gasteiger partial charge in [0.05, 0.1) is 6.42 Å². The summed E-state index contributed by atoms with van der Waals surface area (Å²) >= 11 is 0. The van der Waals surface area contributed by atoms with Crippen molar-refractivity contribution in [2.75, 3.05) is 0 Å². The lowest BCUT2D eigenvalue weighted by molar-refractivity contribution is -0.125. The van der Waals surface area contributed by atoms with Crippen LogP contribution in [0.15, 0.2) is 12.1 Å². The van der Waals surface area contributed by atoms with Gasteiger partial charge in [0.1, 0.15) is 23.2 Å². The summed E-state index contributed by atoms with van der Waals surface area (Å²) in [4.78, 5) is 34.4. The van der Waals surface area contributed by atoms with Gasteiger partial charge in [0.2, 0.25) is 17.6 Å². The summed E-state index contributed by atoms with van der Waals surface area (Å²) < 4.78 is 28.1. The number of benzene rings is 1. The van der Waals surface area contributed by atoms with Crippen molar-refractivity contribution in [2.24, 2.45) is 0 Å². The molecule has 3 amide bonds. The Morgan fingerprint density at radius 3 is 2.48 bits per heavy atom. The summed E-state index contributed by atoms with van der Waals surface area (Å²) in [6.45, 7) is 0. The zero-order chi connectivity index (χ0) is 16.6. The number of imide groups is 1. The fourth-order valence-electron chi connectivity index (χ4n) is 2.10. The standard InChI is InChI=1S/C12H8F2N6O3/c13-5-1-4(10-17-19-20-18-10)2-6(14)9(5)12(23)15-7-3-8(21)16-11(7)22/h1-2,7H,3H2,(H,15,23)(H,16,21,22)(H,17,18,19,20). The first-order chi connectivity index (χ1) is 11.0. The minimum atomic E-state index is -1.16. The third-order valence-corrected chi connectivity index (χ3v) is 3.15. The predicted octanol–water partition coefficient (Wildman–Crippen LogP) is -0.710. The van der Waals surface area contributed by atoms with E-state index in [4.69, 9.17) is 0 Å². The summed E-state index contributed by atoms with van der Waals surface area (Å²) in [5.41, 5.74) is -0.886. The highest BCUT2D eigenvalue weighted by Gasteiger charge is 2.33. The molecule has 0 aliphatic carbocycles. The minimum absolute atomic E-state index is 0.0147. The van der Waals surface area contributed by atoms with Crippen LogP contribution in [-0.4, -0.2) is 44.4 Å². The third-order valence-electron chi connectivity index (χ3n) is 3.15. The van der Waals surface area contributed by atoms with Crippen LogP contribution in [0.3, 0.4) is 0 Å². The largest absolute Gasteiger partial charge is 0.340 e. The highest BCUT2D eigenvalue weighted by atomic mass is 19.1. The number of nitrogens with one attached hydrogen (secondary N) is 3. The molecule has 0 saturated carbocycles. The molecule has 3 N–H and O–H groups in total. The van der Waals surface area contributed by atoms with Gasteiger partial charge >= 0.3 is 0 Å². The topological polar surface area (TPSA) is 130 Å². The van der Waals surface area contributed by atoms with E-state index in [2.05, 4.69) is 25.9 Å². The normalized spacial score (nSPS) is 17.2. The molecule has 11 heteroatoms. The number of hydrogen-bond acceptors (Lipinski definition) is 6. The average Bonchev–Trinajstić information content (AvgIpc) is 3.08. The van der Waals surface area contributed by atoms with Crippen LogP contribution in [0.2, 0.25) is 0 Å². The van der Waals surface area contributed by atoms with Gasteiger partial charge in [-0.1, -0.05) is 0 Å². The van der Waals surface area contributed by atoms with Crippen molar-refractivity contribution in [2.45, 2.75) is 12.5 Å². The molecule has 118 valence electrons. The molecular weight excluding hydrogens is 314 g/mol. The Hall–Kier alpha value is -3.24. The number of H-pyrrole nitrogens is 1. The molecule has 1 aromatic heterocycles. The Morgan fingerprint density at radius 1 is 1.26 bits per heavy atom. The van der Waals surface area contributed by atoms with Crippen LogP contribution in [0.4, 0.5) is 8.78 Å². The number of aromatic nitrogens is 4. The fourth-order valence-corrected chi connectivity index (χ4v) is 2.10. The number of nitrogens with zero attached hydrogens (tertiary/aromatic N) is 3. The minimum Gasteiger partial charge on any atom is -0.340 e. The van der Waals surface area contributed by atoms with E-state index in [-0.39, 0.29) is 17.8 Å². The van der Waals surface area contributed by atoms with Crippen molar-refractivity contribution in [1.29, 1.82) is 0 Å². The summed E-state index contributed by atoms with van der Waals surface area (Å²) in [7, 11) is 0. The van der Waals surface area contributed by atoms with Crippen LogP contribution < -0.4 is 10.6 Å². The third kappa shape index (κ3) is 2.75. The van der Waals surface area contributed by atoms with E-state index in [1.807, 2.05) is 5.32 Å². The molecule has 1 unspecified atom stereocenters. The molecule has 23 heavy (non-hydrogen) atoms. The maximum atomic E-state index is 14.0. The molecule has 2 heterocycles. The summed E-state index contributed by atoms with van der Waals surface area (Å²) in [6.07, 6.45) is -0.283. The lowest BCUT2D eigenvalue weighted by Gasteiger charge is -2.11. The van der Waals surface area contributed by atoms with Crippen LogP contribution in [0.1, 0.15) is 16.8 Å². The summed E-state index contributed by atoms with van der Waals surface area (Å²) in [6, 6.07) is 0.566. The summed E-state index contributed by atoms with van der Waals surface area (Å²) in [5, 5.41) is 16.6. The van der Waals surface area contributed by atoms with Crippen LogP contribution in [0.25, 0.3) is 11.4 Å². The predicted molar refractivity (Wildman–Crippen MR) is 68.6 cm³/mol. The zero-order valence-electron chi connectivity index (χ0n) is 11.3. The van der Waals surface area contributed by atoms with E-state index >= 15 is 0 Å². The zero-order valence-corrected chi connectivity index (χ0v) is 11.3. The SMILES string of the molecule is O=C1CC(NC(=O)c2c(F)cc(-c3nn[nH]n3)cc2F)C(=O)N1. The summed E-state index contributed by atoms with van der Waals surface area (Å²) in [5.74, 6) is -4.81.